The Balaban J connectivity index is 1.16. The maximum atomic E-state index is 14.9. The van der Waals surface area contributed by atoms with E-state index < -0.39 is 23.6 Å². The summed E-state index contributed by atoms with van der Waals surface area (Å²) in [5.74, 6) is 1.75. The van der Waals surface area contributed by atoms with Crippen molar-refractivity contribution in [3.8, 4) is 11.1 Å². The van der Waals surface area contributed by atoms with Crippen LogP contribution in [0.2, 0.25) is 0 Å². The average molecular weight is 457 g/mol. The van der Waals surface area contributed by atoms with Crippen LogP contribution in [0, 0.1) is 41.1 Å². The van der Waals surface area contributed by atoms with Gasteiger partial charge in [0.05, 0.1) is 12.2 Å². The Morgan fingerprint density at radius 3 is 1.97 bits per heavy atom. The molecular weight excluding hydrogens is 421 g/mol. The fraction of sp³-hybridized carbons (Fsp3) is 0.586. The second-order valence-electron chi connectivity index (χ2n) is 10.8. The van der Waals surface area contributed by atoms with E-state index in [1.807, 2.05) is 6.07 Å². The summed E-state index contributed by atoms with van der Waals surface area (Å²) in [6.07, 6.45) is 12.4. The van der Waals surface area contributed by atoms with E-state index in [-0.39, 0.29) is 16.7 Å². The van der Waals surface area contributed by atoms with Gasteiger partial charge in [0.2, 0.25) is 0 Å². The summed E-state index contributed by atoms with van der Waals surface area (Å²) in [6.45, 7) is 2.72. The first-order valence-electron chi connectivity index (χ1n) is 12.9. The van der Waals surface area contributed by atoms with Crippen LogP contribution in [0.3, 0.4) is 0 Å². The number of ether oxygens (including phenoxy) is 1. The molecule has 0 N–H and O–H groups in total. The number of aryl methyl sites for hydroxylation is 1. The van der Waals surface area contributed by atoms with Crippen LogP contribution in [-0.4, -0.2) is 6.61 Å². The summed E-state index contributed by atoms with van der Waals surface area (Å²) in [5.41, 5.74) is 1.38. The van der Waals surface area contributed by atoms with Crippen LogP contribution < -0.4 is 0 Å². The highest BCUT2D eigenvalue weighted by Gasteiger charge is 2.32. The minimum Gasteiger partial charge on any atom is -0.368 e. The van der Waals surface area contributed by atoms with Gasteiger partial charge in [0.25, 0.3) is 0 Å². The van der Waals surface area contributed by atoms with E-state index in [2.05, 4.69) is 6.92 Å². The molecule has 0 aromatic heterocycles. The highest BCUT2D eigenvalue weighted by molar-refractivity contribution is 5.65. The molecule has 0 radical (unpaired) electrons. The third-order valence-electron chi connectivity index (χ3n) is 8.54. The summed E-state index contributed by atoms with van der Waals surface area (Å²) in [6, 6.07) is 7.53. The minimum absolute atomic E-state index is 0.0523. The second kappa shape index (κ2) is 9.82. The Morgan fingerprint density at radius 2 is 1.39 bits per heavy atom. The molecule has 1 aliphatic heterocycles. The molecule has 2 saturated carbocycles. The molecule has 1 atom stereocenters. The molecule has 2 aromatic rings. The SMILES string of the molecule is CC1CCC(C2CCC(CCc3ccc(-c4cc(F)c(C5CO5)c(F)c4)c(F)c3)CC2)CC1. The number of epoxide rings is 1. The first-order valence-corrected chi connectivity index (χ1v) is 12.9. The smallest absolute Gasteiger partial charge is 0.132 e. The zero-order chi connectivity index (χ0) is 22.9. The molecule has 0 bridgehead atoms. The van der Waals surface area contributed by atoms with Gasteiger partial charge in [0, 0.05) is 5.56 Å². The third-order valence-corrected chi connectivity index (χ3v) is 8.54. The van der Waals surface area contributed by atoms with Gasteiger partial charge in [-0.25, -0.2) is 13.2 Å². The number of rotatable bonds is 6. The van der Waals surface area contributed by atoms with Crippen molar-refractivity contribution in [2.24, 2.45) is 23.7 Å². The summed E-state index contributed by atoms with van der Waals surface area (Å²) in [4.78, 5) is 0. The van der Waals surface area contributed by atoms with Crippen LogP contribution in [0.25, 0.3) is 11.1 Å². The molecule has 1 unspecified atom stereocenters. The maximum absolute atomic E-state index is 14.9. The van der Waals surface area contributed by atoms with E-state index in [0.717, 1.165) is 42.1 Å². The highest BCUT2D eigenvalue weighted by atomic mass is 19.1. The lowest BCUT2D eigenvalue weighted by molar-refractivity contribution is 0.148. The largest absolute Gasteiger partial charge is 0.368 e. The maximum Gasteiger partial charge on any atom is 0.132 e. The minimum atomic E-state index is -0.672. The first kappa shape index (κ1) is 23.0. The van der Waals surface area contributed by atoms with Gasteiger partial charge in [-0.3, -0.25) is 0 Å². The van der Waals surface area contributed by atoms with E-state index in [9.17, 15) is 13.2 Å². The Hall–Kier alpha value is -1.81. The summed E-state index contributed by atoms with van der Waals surface area (Å²) in [5, 5.41) is 0. The molecule has 0 spiro atoms. The molecule has 3 fully saturated rings. The number of hydrogen-bond acceptors (Lipinski definition) is 1. The molecule has 2 aliphatic carbocycles. The third kappa shape index (κ3) is 5.31. The zero-order valence-electron chi connectivity index (χ0n) is 19.6. The van der Waals surface area contributed by atoms with Gasteiger partial charge in [0.15, 0.2) is 0 Å². The monoisotopic (exact) mass is 456 g/mol. The van der Waals surface area contributed by atoms with Crippen molar-refractivity contribution in [3.05, 3.63) is 58.9 Å². The van der Waals surface area contributed by atoms with E-state index in [0.29, 0.717) is 6.61 Å². The second-order valence-corrected chi connectivity index (χ2v) is 10.8. The van der Waals surface area contributed by atoms with Crippen LogP contribution in [0.5, 0.6) is 0 Å². The van der Waals surface area contributed by atoms with E-state index in [4.69, 9.17) is 4.74 Å². The fourth-order valence-corrected chi connectivity index (χ4v) is 6.29. The fourth-order valence-electron chi connectivity index (χ4n) is 6.29. The molecular formula is C29H35F3O. The Bertz CT molecular complexity index is 944. The molecule has 33 heavy (non-hydrogen) atoms. The van der Waals surface area contributed by atoms with Gasteiger partial charge in [-0.1, -0.05) is 44.7 Å². The van der Waals surface area contributed by atoms with Crippen LogP contribution >= 0.6 is 0 Å². The van der Waals surface area contributed by atoms with Gasteiger partial charge in [-0.05, 0) is 91.5 Å². The molecule has 3 aliphatic rings. The number of hydrogen-bond donors (Lipinski definition) is 0. The Labute approximate surface area is 195 Å². The molecule has 0 amide bonds. The van der Waals surface area contributed by atoms with Crippen molar-refractivity contribution < 1.29 is 17.9 Å². The van der Waals surface area contributed by atoms with Gasteiger partial charge in [-0.2, -0.15) is 0 Å². The standard InChI is InChI=1S/C29H35F3O/c1-18-2-9-21(10-3-18)22-11-6-19(7-12-22)4-5-20-8-13-24(25(30)14-20)23-15-26(31)29(27(32)16-23)28-17-33-28/h8,13-16,18-19,21-22,28H,2-7,9-12,17H2,1H3. The number of benzene rings is 2. The summed E-state index contributed by atoms with van der Waals surface area (Å²) >= 11 is 0. The van der Waals surface area contributed by atoms with Crippen LogP contribution in [0.15, 0.2) is 30.3 Å². The number of halogens is 3. The lowest BCUT2D eigenvalue weighted by atomic mass is 9.69. The molecule has 5 rings (SSSR count). The summed E-state index contributed by atoms with van der Waals surface area (Å²) < 4.78 is 48.5. The normalized spacial score (nSPS) is 29.8. The van der Waals surface area contributed by atoms with Crippen LogP contribution in [0.4, 0.5) is 13.2 Å². The molecule has 2 aromatic carbocycles. The van der Waals surface area contributed by atoms with Crippen molar-refractivity contribution in [2.75, 3.05) is 6.61 Å². The quantitative estimate of drug-likeness (QED) is 0.398. The average Bonchev–Trinajstić information content (AvgIpc) is 3.63. The van der Waals surface area contributed by atoms with Crippen LogP contribution in [0.1, 0.15) is 81.9 Å². The van der Waals surface area contributed by atoms with E-state index in [1.165, 1.54) is 69.6 Å². The predicted octanol–water partition coefficient (Wildman–Crippen LogP) is 8.41. The van der Waals surface area contributed by atoms with Crippen molar-refractivity contribution in [1.82, 2.24) is 0 Å². The molecule has 4 heteroatoms. The van der Waals surface area contributed by atoms with Crippen molar-refractivity contribution in [3.63, 3.8) is 0 Å². The van der Waals surface area contributed by atoms with Crippen molar-refractivity contribution >= 4 is 0 Å². The van der Waals surface area contributed by atoms with Gasteiger partial charge < -0.3 is 4.74 Å². The molecule has 1 nitrogen and oxygen atoms in total. The van der Waals surface area contributed by atoms with E-state index >= 15 is 0 Å². The summed E-state index contributed by atoms with van der Waals surface area (Å²) in [7, 11) is 0. The van der Waals surface area contributed by atoms with Crippen LogP contribution in [-0.2, 0) is 11.2 Å². The Morgan fingerprint density at radius 1 is 0.788 bits per heavy atom. The Kier molecular flexibility index (Phi) is 6.83. The molecule has 1 heterocycles. The topological polar surface area (TPSA) is 12.5 Å². The molecule has 178 valence electrons. The molecule has 1 saturated heterocycles. The lowest BCUT2D eigenvalue weighted by Gasteiger charge is -2.37. The highest BCUT2D eigenvalue weighted by Crippen LogP contribution is 2.42. The zero-order valence-corrected chi connectivity index (χ0v) is 19.6. The van der Waals surface area contributed by atoms with Gasteiger partial charge >= 0.3 is 0 Å². The van der Waals surface area contributed by atoms with Crippen molar-refractivity contribution in [1.29, 1.82) is 0 Å². The van der Waals surface area contributed by atoms with Gasteiger partial charge in [0.1, 0.15) is 23.6 Å². The first-order chi connectivity index (χ1) is 16.0. The predicted molar refractivity (Wildman–Crippen MR) is 125 cm³/mol. The van der Waals surface area contributed by atoms with Crippen molar-refractivity contribution in [2.45, 2.75) is 77.2 Å². The van der Waals surface area contributed by atoms with Gasteiger partial charge in [-0.15, -0.1) is 0 Å². The lowest BCUT2D eigenvalue weighted by Crippen LogP contribution is -2.25. The van der Waals surface area contributed by atoms with E-state index in [1.54, 1.807) is 6.07 Å².